The van der Waals surface area contributed by atoms with Crippen LogP contribution in [0.25, 0.3) is 0 Å². The Morgan fingerprint density at radius 3 is 2.42 bits per heavy atom. The molecular weight excluding hydrogens is 335 g/mol. The van der Waals surface area contributed by atoms with Crippen LogP contribution in [0.1, 0.15) is 18.4 Å². The summed E-state index contributed by atoms with van der Waals surface area (Å²) >= 11 is 0. The van der Waals surface area contributed by atoms with Gasteiger partial charge in [-0.15, -0.1) is 11.8 Å². The maximum Gasteiger partial charge on any atom is 0.611 e. The monoisotopic (exact) mass is 354 g/mol. The summed E-state index contributed by atoms with van der Waals surface area (Å²) in [5.41, 5.74) is 0.588. The minimum Gasteiger partial charge on any atom is -0.498 e. The minimum absolute atomic E-state index is 0.0473. The van der Waals surface area contributed by atoms with Gasteiger partial charge in [0.25, 0.3) is 0 Å². The minimum atomic E-state index is -0.953. The number of hydrogen-bond donors (Lipinski definition) is 0. The number of hydrogen-bond acceptors (Lipinski definition) is 7. The molecular formula is C18H19BN2O5. The first-order valence-electron chi connectivity index (χ1n) is 8.23. The molecule has 0 radical (unpaired) electrons. The molecule has 0 amide bonds. The Bertz CT molecular complexity index is 713. The molecule has 1 fully saturated rings. The SMILES string of the molecule is CN1CC(=O)OB(CC#CCCCOc2ccc(C#N)cc2)OC(=O)C1. The second-order valence-electron chi connectivity index (χ2n) is 5.73. The van der Waals surface area contributed by atoms with Gasteiger partial charge in [0.2, 0.25) is 0 Å². The Balaban J connectivity index is 1.66. The first-order chi connectivity index (χ1) is 12.6. The fourth-order valence-electron chi connectivity index (χ4n) is 2.19. The summed E-state index contributed by atoms with van der Waals surface area (Å²) in [6.45, 7) is 0.595. The molecule has 1 saturated heterocycles. The Hall–Kier alpha value is -2.97. The van der Waals surface area contributed by atoms with Crippen LogP contribution in [0, 0.1) is 23.2 Å². The number of likely N-dealkylation sites (N-methyl/N-ethyl adjacent to an activating group) is 1. The van der Waals surface area contributed by atoms with Crippen LogP contribution >= 0.6 is 0 Å². The molecule has 1 aliphatic rings. The van der Waals surface area contributed by atoms with Crippen molar-refractivity contribution in [1.82, 2.24) is 4.90 Å². The van der Waals surface area contributed by atoms with Gasteiger partial charge in [-0.2, -0.15) is 5.26 Å². The normalized spacial score (nSPS) is 14.8. The van der Waals surface area contributed by atoms with Crippen LogP contribution in [0.15, 0.2) is 24.3 Å². The highest BCUT2D eigenvalue weighted by molar-refractivity contribution is 6.50. The van der Waals surface area contributed by atoms with E-state index in [1.54, 1.807) is 31.3 Å². The van der Waals surface area contributed by atoms with Gasteiger partial charge in [0.15, 0.2) is 0 Å². The predicted molar refractivity (Wildman–Crippen MR) is 93.9 cm³/mol. The molecule has 0 spiro atoms. The van der Waals surface area contributed by atoms with E-state index in [1.165, 1.54) is 4.90 Å². The largest absolute Gasteiger partial charge is 0.611 e. The summed E-state index contributed by atoms with van der Waals surface area (Å²) in [6.07, 6.45) is 1.48. The lowest BCUT2D eigenvalue weighted by Crippen LogP contribution is -2.42. The van der Waals surface area contributed by atoms with Crippen molar-refractivity contribution in [3.8, 4) is 23.7 Å². The van der Waals surface area contributed by atoms with E-state index < -0.39 is 19.1 Å². The summed E-state index contributed by atoms with van der Waals surface area (Å²) in [6, 6.07) is 8.94. The molecule has 1 aliphatic heterocycles. The Labute approximate surface area is 153 Å². The molecule has 0 N–H and O–H groups in total. The van der Waals surface area contributed by atoms with Crippen LogP contribution in [-0.2, 0) is 18.9 Å². The third-order valence-corrected chi connectivity index (χ3v) is 3.42. The van der Waals surface area contributed by atoms with Gasteiger partial charge in [0, 0.05) is 6.42 Å². The fraction of sp³-hybridized carbons (Fsp3) is 0.389. The maximum atomic E-state index is 11.6. The van der Waals surface area contributed by atoms with Crippen molar-refractivity contribution in [2.75, 3.05) is 26.7 Å². The smallest absolute Gasteiger partial charge is 0.498 e. The van der Waals surface area contributed by atoms with E-state index in [1.807, 2.05) is 6.07 Å². The molecule has 0 unspecified atom stereocenters. The van der Waals surface area contributed by atoms with Crippen molar-refractivity contribution in [2.24, 2.45) is 0 Å². The van der Waals surface area contributed by atoms with Crippen LogP contribution in [0.2, 0.25) is 6.32 Å². The number of carbonyl (C=O) groups excluding carboxylic acids is 2. The zero-order valence-electron chi connectivity index (χ0n) is 14.6. The van der Waals surface area contributed by atoms with E-state index >= 15 is 0 Å². The van der Waals surface area contributed by atoms with Crippen LogP contribution in [0.4, 0.5) is 0 Å². The van der Waals surface area contributed by atoms with E-state index in [9.17, 15) is 9.59 Å². The van der Waals surface area contributed by atoms with Crippen molar-refractivity contribution < 1.29 is 23.6 Å². The summed E-state index contributed by atoms with van der Waals surface area (Å²) in [4.78, 5) is 24.7. The van der Waals surface area contributed by atoms with Gasteiger partial charge in [0.05, 0.1) is 37.6 Å². The lowest BCUT2D eigenvalue weighted by atomic mass is 9.84. The van der Waals surface area contributed by atoms with Crippen molar-refractivity contribution in [2.45, 2.75) is 19.2 Å². The maximum absolute atomic E-state index is 11.6. The molecule has 0 atom stereocenters. The number of nitriles is 1. The summed E-state index contributed by atoms with van der Waals surface area (Å²) in [5, 5.41) is 8.73. The van der Waals surface area contributed by atoms with Crippen molar-refractivity contribution in [1.29, 1.82) is 5.26 Å². The number of unbranched alkanes of at least 4 members (excludes halogenated alkanes) is 1. The van der Waals surface area contributed by atoms with Crippen LogP contribution in [0.5, 0.6) is 5.75 Å². The summed E-state index contributed by atoms with van der Waals surface area (Å²) in [5.74, 6) is 5.63. The van der Waals surface area contributed by atoms with Gasteiger partial charge < -0.3 is 14.0 Å². The molecule has 134 valence electrons. The summed E-state index contributed by atoms with van der Waals surface area (Å²) in [7, 11) is 0.689. The molecule has 1 aromatic rings. The number of rotatable bonds is 5. The average molecular weight is 354 g/mol. The Morgan fingerprint density at radius 1 is 1.15 bits per heavy atom. The molecule has 1 aromatic carbocycles. The zero-order valence-corrected chi connectivity index (χ0v) is 14.6. The second kappa shape index (κ2) is 10.1. The third-order valence-electron chi connectivity index (χ3n) is 3.42. The standard InChI is InChI=1S/C18H19BN2O5/c1-21-13-17(22)25-19(26-18(23)14-21)10-4-2-3-5-11-24-16-8-6-15(12-20)7-9-16/h6-9H,3,5,10-11,13-14H2,1H3. The highest BCUT2D eigenvalue weighted by atomic mass is 16.6. The molecule has 0 aromatic heterocycles. The number of ether oxygens (including phenoxy) is 1. The predicted octanol–water partition coefficient (Wildman–Crippen LogP) is 1.24. The van der Waals surface area contributed by atoms with E-state index in [0.717, 1.165) is 6.42 Å². The quantitative estimate of drug-likeness (QED) is 0.447. The lowest BCUT2D eigenvalue weighted by molar-refractivity contribution is -0.145. The van der Waals surface area contributed by atoms with Crippen molar-refractivity contribution in [3.63, 3.8) is 0 Å². The van der Waals surface area contributed by atoms with Gasteiger partial charge in [-0.25, -0.2) is 0 Å². The second-order valence-corrected chi connectivity index (χ2v) is 5.73. The van der Waals surface area contributed by atoms with Crippen molar-refractivity contribution >= 4 is 19.1 Å². The molecule has 26 heavy (non-hydrogen) atoms. The molecule has 0 aliphatic carbocycles. The molecule has 8 heteroatoms. The first-order valence-corrected chi connectivity index (χ1v) is 8.23. The van der Waals surface area contributed by atoms with E-state index in [0.29, 0.717) is 24.3 Å². The number of carbonyl (C=O) groups is 2. The molecule has 2 rings (SSSR count). The van der Waals surface area contributed by atoms with Gasteiger partial charge in [0.1, 0.15) is 5.75 Å². The zero-order chi connectivity index (χ0) is 18.8. The number of nitrogens with zero attached hydrogens (tertiary/aromatic N) is 2. The van der Waals surface area contributed by atoms with Crippen molar-refractivity contribution in [3.05, 3.63) is 29.8 Å². The highest BCUT2D eigenvalue weighted by Gasteiger charge is 2.30. The van der Waals surface area contributed by atoms with Gasteiger partial charge in [-0.05, 0) is 37.7 Å². The molecule has 0 saturated carbocycles. The van der Waals surface area contributed by atoms with E-state index in [4.69, 9.17) is 19.3 Å². The van der Waals surface area contributed by atoms with Gasteiger partial charge in [-0.3, -0.25) is 14.5 Å². The first kappa shape index (κ1) is 19.4. The van der Waals surface area contributed by atoms with Gasteiger partial charge >= 0.3 is 19.1 Å². The lowest BCUT2D eigenvalue weighted by Gasteiger charge is -2.21. The number of benzene rings is 1. The molecule has 1 heterocycles. The highest BCUT2D eigenvalue weighted by Crippen LogP contribution is 2.12. The Kier molecular flexibility index (Phi) is 7.54. The average Bonchev–Trinajstić information content (AvgIpc) is 2.59. The third kappa shape index (κ3) is 6.88. The fourth-order valence-corrected chi connectivity index (χ4v) is 2.19. The van der Waals surface area contributed by atoms with E-state index in [2.05, 4.69) is 11.8 Å². The van der Waals surface area contributed by atoms with E-state index in [-0.39, 0.29) is 19.4 Å². The van der Waals surface area contributed by atoms with Gasteiger partial charge in [-0.1, -0.05) is 0 Å². The molecule has 0 bridgehead atoms. The molecule has 7 nitrogen and oxygen atoms in total. The van der Waals surface area contributed by atoms with Crippen LogP contribution in [-0.4, -0.2) is 50.7 Å². The Morgan fingerprint density at radius 2 is 1.81 bits per heavy atom. The van der Waals surface area contributed by atoms with Crippen LogP contribution < -0.4 is 4.74 Å². The summed E-state index contributed by atoms with van der Waals surface area (Å²) < 4.78 is 15.7. The van der Waals surface area contributed by atoms with Crippen LogP contribution in [0.3, 0.4) is 0 Å². The topological polar surface area (TPSA) is 88.9 Å².